The van der Waals surface area contributed by atoms with Gasteiger partial charge in [0, 0.05) is 9.75 Å². The number of aryl methyl sites for hydroxylation is 1. The van der Waals surface area contributed by atoms with Gasteiger partial charge in [0.1, 0.15) is 4.90 Å². The maximum atomic E-state index is 12.4. The molecule has 4 nitrogen and oxygen atoms in total. The summed E-state index contributed by atoms with van der Waals surface area (Å²) >= 11 is 7.50. The van der Waals surface area contributed by atoms with Crippen LogP contribution in [0.4, 0.5) is 0 Å². The number of hydrogen-bond donors (Lipinski definition) is 1. The van der Waals surface area contributed by atoms with Gasteiger partial charge in [0.2, 0.25) is 10.0 Å². The summed E-state index contributed by atoms with van der Waals surface area (Å²) in [5.74, 6) is 0. The molecule has 7 heteroatoms. The van der Waals surface area contributed by atoms with Gasteiger partial charge in [0.15, 0.2) is 0 Å². The second-order valence-electron chi connectivity index (χ2n) is 4.55. The van der Waals surface area contributed by atoms with Gasteiger partial charge in [0.25, 0.3) is 0 Å². The Kier molecular flexibility index (Phi) is 4.69. The normalized spacial score (nSPS) is 12.9. The zero-order chi connectivity index (χ0) is 15.6. The largest absolute Gasteiger partial charge is 0.242 e. The lowest BCUT2D eigenvalue weighted by Crippen LogP contribution is -2.26. The lowest BCUT2D eigenvalue weighted by Gasteiger charge is -2.13. The van der Waals surface area contributed by atoms with E-state index in [0.717, 1.165) is 9.75 Å². The lowest BCUT2D eigenvalue weighted by atomic mass is 10.2. The Morgan fingerprint density at radius 1 is 1.33 bits per heavy atom. The van der Waals surface area contributed by atoms with Gasteiger partial charge in [-0.15, -0.1) is 11.3 Å². The molecule has 1 atom stereocenters. The molecule has 1 N–H and O–H groups in total. The van der Waals surface area contributed by atoms with Crippen molar-refractivity contribution < 1.29 is 8.42 Å². The molecule has 0 amide bonds. The van der Waals surface area contributed by atoms with Gasteiger partial charge in [-0.1, -0.05) is 11.6 Å². The molecular weight excluding hydrogens is 328 g/mol. The number of rotatable bonds is 4. The van der Waals surface area contributed by atoms with Gasteiger partial charge in [-0.05, 0) is 44.2 Å². The van der Waals surface area contributed by atoms with E-state index in [-0.39, 0.29) is 16.0 Å². The van der Waals surface area contributed by atoms with Crippen molar-refractivity contribution in [3.63, 3.8) is 0 Å². The van der Waals surface area contributed by atoms with Crippen LogP contribution in [0.1, 0.15) is 28.3 Å². The minimum absolute atomic E-state index is 0.0247. The van der Waals surface area contributed by atoms with E-state index in [1.807, 2.05) is 25.1 Å². The molecule has 21 heavy (non-hydrogen) atoms. The average Bonchev–Trinajstić information content (AvgIpc) is 2.84. The van der Waals surface area contributed by atoms with Crippen molar-refractivity contribution in [2.45, 2.75) is 24.8 Å². The smallest absolute Gasteiger partial charge is 0.207 e. The monoisotopic (exact) mass is 340 g/mol. The lowest BCUT2D eigenvalue weighted by molar-refractivity contribution is 0.568. The number of nitriles is 1. The summed E-state index contributed by atoms with van der Waals surface area (Å²) < 4.78 is 27.3. The van der Waals surface area contributed by atoms with Crippen LogP contribution in [-0.4, -0.2) is 8.42 Å². The van der Waals surface area contributed by atoms with E-state index in [1.165, 1.54) is 29.5 Å². The zero-order valence-electron chi connectivity index (χ0n) is 11.4. The summed E-state index contributed by atoms with van der Waals surface area (Å²) in [6, 6.07) is 9.53. The molecule has 2 rings (SSSR count). The third-order valence-electron chi connectivity index (χ3n) is 2.87. The third-order valence-corrected chi connectivity index (χ3v) is 6.08. The van der Waals surface area contributed by atoms with Crippen molar-refractivity contribution in [3.05, 3.63) is 50.7 Å². The third kappa shape index (κ3) is 3.63. The maximum absolute atomic E-state index is 12.4. The predicted octanol–water partition coefficient (Wildman–Crippen LogP) is 3.62. The first-order valence-corrected chi connectivity index (χ1v) is 8.79. The second-order valence-corrected chi connectivity index (χ2v) is 7.96. The van der Waals surface area contributed by atoms with Crippen LogP contribution >= 0.6 is 22.9 Å². The van der Waals surface area contributed by atoms with E-state index in [9.17, 15) is 8.42 Å². The van der Waals surface area contributed by atoms with Crippen molar-refractivity contribution in [1.82, 2.24) is 4.72 Å². The highest BCUT2D eigenvalue weighted by Crippen LogP contribution is 2.27. The Morgan fingerprint density at radius 3 is 2.57 bits per heavy atom. The van der Waals surface area contributed by atoms with Crippen LogP contribution in [-0.2, 0) is 10.0 Å². The molecule has 0 fully saturated rings. The molecule has 1 unspecified atom stereocenters. The quantitative estimate of drug-likeness (QED) is 0.924. The van der Waals surface area contributed by atoms with Crippen LogP contribution in [0.2, 0.25) is 5.02 Å². The number of thiophene rings is 1. The molecule has 0 spiro atoms. The Bertz CT molecular complexity index is 807. The number of hydrogen-bond acceptors (Lipinski definition) is 4. The number of nitrogens with one attached hydrogen (secondary N) is 1. The molecule has 2 aromatic rings. The summed E-state index contributed by atoms with van der Waals surface area (Å²) in [5, 5.41) is 8.82. The second kappa shape index (κ2) is 6.16. The summed E-state index contributed by atoms with van der Waals surface area (Å²) in [6.07, 6.45) is 0. The van der Waals surface area contributed by atoms with Crippen molar-refractivity contribution in [3.8, 4) is 6.07 Å². The summed E-state index contributed by atoms with van der Waals surface area (Å²) in [7, 11) is -3.74. The van der Waals surface area contributed by atoms with Crippen molar-refractivity contribution in [2.24, 2.45) is 0 Å². The fourth-order valence-electron chi connectivity index (χ4n) is 1.83. The Labute approximate surface area is 133 Å². The zero-order valence-corrected chi connectivity index (χ0v) is 13.8. The predicted molar refractivity (Wildman–Crippen MR) is 84.0 cm³/mol. The average molecular weight is 341 g/mol. The van der Waals surface area contributed by atoms with Gasteiger partial charge in [-0.2, -0.15) is 5.26 Å². The standard InChI is InChI=1S/C14H13ClN2O2S2/c1-9-3-5-13(20-9)10(2)17-21(18,19)14-6-4-11(8-16)7-12(14)15/h3-7,10,17H,1-2H3. The van der Waals surface area contributed by atoms with Crippen molar-refractivity contribution in [1.29, 1.82) is 5.26 Å². The van der Waals surface area contributed by atoms with E-state index in [4.69, 9.17) is 16.9 Å². The number of nitrogens with zero attached hydrogens (tertiary/aromatic N) is 1. The molecule has 0 radical (unpaired) electrons. The van der Waals surface area contributed by atoms with Crippen LogP contribution in [0.5, 0.6) is 0 Å². The molecule has 0 saturated heterocycles. The SMILES string of the molecule is Cc1ccc(C(C)NS(=O)(=O)c2ccc(C#N)cc2Cl)s1. The number of benzene rings is 1. The molecule has 1 aromatic heterocycles. The fourth-order valence-corrected chi connectivity index (χ4v) is 4.55. The van der Waals surface area contributed by atoms with Crippen LogP contribution in [0.25, 0.3) is 0 Å². The van der Waals surface area contributed by atoms with Gasteiger partial charge in [0.05, 0.1) is 22.7 Å². The minimum Gasteiger partial charge on any atom is -0.207 e. The molecular formula is C14H13ClN2O2S2. The molecule has 1 heterocycles. The van der Waals surface area contributed by atoms with Crippen molar-refractivity contribution >= 4 is 33.0 Å². The molecule has 0 aliphatic rings. The van der Waals surface area contributed by atoms with E-state index in [1.54, 1.807) is 6.92 Å². The molecule has 0 aliphatic carbocycles. The summed E-state index contributed by atoms with van der Waals surface area (Å²) in [4.78, 5) is 2.02. The Morgan fingerprint density at radius 2 is 2.05 bits per heavy atom. The van der Waals surface area contributed by atoms with Crippen LogP contribution in [0.3, 0.4) is 0 Å². The van der Waals surface area contributed by atoms with Crippen LogP contribution in [0.15, 0.2) is 35.2 Å². The first-order chi connectivity index (χ1) is 9.83. The van der Waals surface area contributed by atoms with E-state index < -0.39 is 10.0 Å². The van der Waals surface area contributed by atoms with Crippen LogP contribution < -0.4 is 4.72 Å². The maximum Gasteiger partial charge on any atom is 0.242 e. The number of sulfonamides is 1. The van der Waals surface area contributed by atoms with E-state index >= 15 is 0 Å². The Hall–Kier alpha value is -1.39. The van der Waals surface area contributed by atoms with Gasteiger partial charge >= 0.3 is 0 Å². The molecule has 0 saturated carbocycles. The molecule has 0 bridgehead atoms. The van der Waals surface area contributed by atoms with E-state index in [2.05, 4.69) is 4.72 Å². The highest BCUT2D eigenvalue weighted by molar-refractivity contribution is 7.89. The Balaban J connectivity index is 2.28. The number of halogens is 1. The van der Waals surface area contributed by atoms with Crippen molar-refractivity contribution in [2.75, 3.05) is 0 Å². The van der Waals surface area contributed by atoms with Gasteiger partial charge in [-0.3, -0.25) is 0 Å². The van der Waals surface area contributed by atoms with E-state index in [0.29, 0.717) is 5.56 Å². The minimum atomic E-state index is -3.74. The van der Waals surface area contributed by atoms with Gasteiger partial charge < -0.3 is 0 Å². The molecule has 1 aromatic carbocycles. The van der Waals surface area contributed by atoms with Crippen LogP contribution in [0, 0.1) is 18.3 Å². The first-order valence-electron chi connectivity index (χ1n) is 6.12. The molecule has 110 valence electrons. The molecule has 0 aliphatic heterocycles. The summed E-state index contributed by atoms with van der Waals surface area (Å²) in [5.41, 5.74) is 0.320. The first kappa shape index (κ1) is 16.0. The topological polar surface area (TPSA) is 70.0 Å². The highest BCUT2D eigenvalue weighted by atomic mass is 35.5. The van der Waals surface area contributed by atoms with Gasteiger partial charge in [-0.25, -0.2) is 13.1 Å². The fraction of sp³-hybridized carbons (Fsp3) is 0.214. The summed E-state index contributed by atoms with van der Waals surface area (Å²) in [6.45, 7) is 3.74. The highest BCUT2D eigenvalue weighted by Gasteiger charge is 2.22.